The molecule has 5 nitrogen and oxygen atoms in total. The van der Waals surface area contributed by atoms with Gasteiger partial charge in [-0.05, 0) is 43.2 Å². The average molecular weight is 350 g/mol. The van der Waals surface area contributed by atoms with E-state index in [2.05, 4.69) is 16.7 Å². The molecule has 134 valence electrons. The highest BCUT2D eigenvalue weighted by Gasteiger charge is 2.37. The van der Waals surface area contributed by atoms with Crippen LogP contribution in [0.5, 0.6) is 11.5 Å². The Morgan fingerprint density at radius 3 is 2.81 bits per heavy atom. The number of carbonyl (C=O) groups excluding carboxylic acids is 1. The molecular weight excluding hydrogens is 328 g/mol. The highest BCUT2D eigenvalue weighted by molar-refractivity contribution is 5.89. The lowest BCUT2D eigenvalue weighted by Crippen LogP contribution is -2.31. The lowest BCUT2D eigenvalue weighted by Gasteiger charge is -2.29. The molecule has 0 radical (unpaired) electrons. The van der Waals surface area contributed by atoms with Gasteiger partial charge in [0, 0.05) is 12.1 Å². The number of para-hydroxylation sites is 2. The van der Waals surface area contributed by atoms with Crippen molar-refractivity contribution in [3.63, 3.8) is 0 Å². The average Bonchev–Trinajstić information content (AvgIpc) is 2.81. The Morgan fingerprint density at radius 1 is 1.19 bits per heavy atom. The van der Waals surface area contributed by atoms with Gasteiger partial charge in [-0.1, -0.05) is 24.3 Å². The minimum absolute atomic E-state index is 0.105. The number of anilines is 2. The van der Waals surface area contributed by atoms with Crippen molar-refractivity contribution in [1.29, 1.82) is 0 Å². The van der Waals surface area contributed by atoms with E-state index in [9.17, 15) is 9.90 Å². The molecule has 0 spiro atoms. The van der Waals surface area contributed by atoms with E-state index >= 15 is 0 Å². The zero-order valence-corrected chi connectivity index (χ0v) is 14.7. The van der Waals surface area contributed by atoms with Gasteiger partial charge in [-0.15, -0.1) is 0 Å². The molecule has 3 N–H and O–H groups in total. The zero-order valence-electron chi connectivity index (χ0n) is 14.7. The summed E-state index contributed by atoms with van der Waals surface area (Å²) in [6.07, 6.45) is 3.42. The summed E-state index contributed by atoms with van der Waals surface area (Å²) in [4.78, 5) is 12.8. The molecular formula is C21H22N2O3. The molecule has 1 aliphatic carbocycles. The van der Waals surface area contributed by atoms with Gasteiger partial charge in [-0.25, -0.2) is 0 Å². The fourth-order valence-electron chi connectivity index (χ4n) is 3.72. The summed E-state index contributed by atoms with van der Waals surface area (Å²) in [5.41, 5.74) is 3.77. The summed E-state index contributed by atoms with van der Waals surface area (Å²) in [6, 6.07) is 13.0. The first-order valence-corrected chi connectivity index (χ1v) is 8.98. The number of fused-ring (bicyclic) bond motifs is 2. The smallest absolute Gasteiger partial charge is 0.161 e. The van der Waals surface area contributed by atoms with Crippen molar-refractivity contribution in [3.05, 3.63) is 59.8 Å². The number of carbonyl (C=O) groups is 1. The Kier molecular flexibility index (Phi) is 4.29. The SMILES string of the molecule is CCOc1cc([C@H]2Nc3ccccc3NC3=CCCC(=O)[C@H]32)ccc1O. The number of benzene rings is 2. The molecule has 0 fully saturated rings. The van der Waals surface area contributed by atoms with Crippen molar-refractivity contribution in [2.75, 3.05) is 17.2 Å². The van der Waals surface area contributed by atoms with Gasteiger partial charge < -0.3 is 20.5 Å². The van der Waals surface area contributed by atoms with Crippen LogP contribution in [0.1, 0.15) is 31.4 Å². The number of allylic oxidation sites excluding steroid dienone is 1. The van der Waals surface area contributed by atoms with Crippen molar-refractivity contribution in [2.45, 2.75) is 25.8 Å². The number of hydrogen-bond donors (Lipinski definition) is 3. The summed E-state index contributed by atoms with van der Waals surface area (Å²) >= 11 is 0. The third kappa shape index (κ3) is 2.90. The number of Topliss-reactive ketones (excluding diaryl/α,β-unsaturated/α-hetero) is 1. The summed E-state index contributed by atoms with van der Waals surface area (Å²) in [5.74, 6) is 0.459. The van der Waals surface area contributed by atoms with Crippen LogP contribution in [0.2, 0.25) is 0 Å². The molecule has 0 saturated carbocycles. The zero-order chi connectivity index (χ0) is 18.1. The first-order valence-electron chi connectivity index (χ1n) is 8.98. The Morgan fingerprint density at radius 2 is 2.00 bits per heavy atom. The van der Waals surface area contributed by atoms with E-state index in [-0.39, 0.29) is 23.5 Å². The summed E-state index contributed by atoms with van der Waals surface area (Å²) in [7, 11) is 0. The highest BCUT2D eigenvalue weighted by atomic mass is 16.5. The predicted octanol–water partition coefficient (Wildman–Crippen LogP) is 4.23. The topological polar surface area (TPSA) is 70.6 Å². The van der Waals surface area contributed by atoms with Gasteiger partial charge in [0.15, 0.2) is 11.5 Å². The third-order valence-corrected chi connectivity index (χ3v) is 4.93. The van der Waals surface area contributed by atoms with Crippen LogP contribution >= 0.6 is 0 Å². The van der Waals surface area contributed by atoms with Gasteiger partial charge in [0.25, 0.3) is 0 Å². The van der Waals surface area contributed by atoms with Crippen LogP contribution in [0.15, 0.2) is 54.2 Å². The van der Waals surface area contributed by atoms with Crippen molar-refractivity contribution < 1.29 is 14.6 Å². The largest absolute Gasteiger partial charge is 0.504 e. The second kappa shape index (κ2) is 6.75. The van der Waals surface area contributed by atoms with Crippen LogP contribution in [-0.4, -0.2) is 17.5 Å². The number of nitrogens with one attached hydrogen (secondary N) is 2. The van der Waals surface area contributed by atoms with Gasteiger partial charge in [0.05, 0.1) is 29.9 Å². The van der Waals surface area contributed by atoms with E-state index in [4.69, 9.17) is 4.74 Å². The Balaban J connectivity index is 1.82. The monoisotopic (exact) mass is 350 g/mol. The number of ketones is 1. The number of phenolic OH excluding ortho intramolecular Hbond substituents is 1. The number of ether oxygens (including phenoxy) is 1. The van der Waals surface area contributed by atoms with Crippen LogP contribution < -0.4 is 15.4 Å². The van der Waals surface area contributed by atoms with E-state index in [1.54, 1.807) is 6.07 Å². The van der Waals surface area contributed by atoms with E-state index in [0.717, 1.165) is 29.1 Å². The second-order valence-electron chi connectivity index (χ2n) is 6.59. The van der Waals surface area contributed by atoms with Gasteiger partial charge in [-0.2, -0.15) is 0 Å². The molecule has 0 bridgehead atoms. The fourth-order valence-corrected chi connectivity index (χ4v) is 3.72. The molecule has 5 heteroatoms. The molecule has 0 aromatic heterocycles. The van der Waals surface area contributed by atoms with Crippen molar-refractivity contribution in [3.8, 4) is 11.5 Å². The molecule has 0 saturated heterocycles. The van der Waals surface area contributed by atoms with Crippen LogP contribution in [0, 0.1) is 5.92 Å². The number of phenols is 1. The predicted molar refractivity (Wildman–Crippen MR) is 102 cm³/mol. The molecule has 1 aliphatic heterocycles. The van der Waals surface area contributed by atoms with Crippen LogP contribution in [-0.2, 0) is 4.79 Å². The molecule has 2 aromatic carbocycles. The number of aromatic hydroxyl groups is 1. The molecule has 0 amide bonds. The van der Waals surface area contributed by atoms with Gasteiger partial charge in [0.2, 0.25) is 0 Å². The van der Waals surface area contributed by atoms with Crippen LogP contribution in [0.25, 0.3) is 0 Å². The van der Waals surface area contributed by atoms with Gasteiger partial charge >= 0.3 is 0 Å². The summed E-state index contributed by atoms with van der Waals surface area (Å²) in [5, 5.41) is 17.0. The molecule has 1 heterocycles. The number of rotatable bonds is 3. The first kappa shape index (κ1) is 16.5. The molecule has 2 atom stereocenters. The standard InChI is InChI=1S/C21H22N2O3/c1-2-26-19-12-13(10-11-17(19)24)21-20-16(8-5-9-18(20)25)22-14-6-3-4-7-15(14)23-21/h3-4,6-8,10-12,20-24H,2,5,9H2,1H3/t20-,21+/m0/s1. The summed E-state index contributed by atoms with van der Waals surface area (Å²) in [6.45, 7) is 2.34. The number of hydrogen-bond acceptors (Lipinski definition) is 5. The van der Waals surface area contributed by atoms with Crippen molar-refractivity contribution >= 4 is 17.2 Å². The summed E-state index contributed by atoms with van der Waals surface area (Å²) < 4.78 is 5.54. The molecule has 2 aliphatic rings. The highest BCUT2D eigenvalue weighted by Crippen LogP contribution is 2.43. The Hall–Kier alpha value is -2.95. The van der Waals surface area contributed by atoms with Gasteiger partial charge in [0.1, 0.15) is 5.78 Å². The first-order chi connectivity index (χ1) is 12.7. The molecule has 26 heavy (non-hydrogen) atoms. The van der Waals surface area contributed by atoms with E-state index < -0.39 is 0 Å². The molecule has 4 rings (SSSR count). The Labute approximate surface area is 152 Å². The van der Waals surface area contributed by atoms with E-state index in [1.165, 1.54) is 0 Å². The fraction of sp³-hybridized carbons (Fsp3) is 0.286. The van der Waals surface area contributed by atoms with E-state index in [0.29, 0.717) is 18.8 Å². The maximum absolute atomic E-state index is 12.8. The van der Waals surface area contributed by atoms with Crippen LogP contribution in [0.3, 0.4) is 0 Å². The quantitative estimate of drug-likeness (QED) is 0.773. The normalized spacial score (nSPS) is 21.4. The minimum atomic E-state index is -0.296. The third-order valence-electron chi connectivity index (χ3n) is 4.93. The van der Waals surface area contributed by atoms with Gasteiger partial charge in [-0.3, -0.25) is 4.79 Å². The van der Waals surface area contributed by atoms with Crippen molar-refractivity contribution in [1.82, 2.24) is 0 Å². The van der Waals surface area contributed by atoms with Crippen molar-refractivity contribution in [2.24, 2.45) is 5.92 Å². The molecule has 2 aromatic rings. The second-order valence-corrected chi connectivity index (χ2v) is 6.59. The maximum atomic E-state index is 12.8. The van der Waals surface area contributed by atoms with Crippen LogP contribution in [0.4, 0.5) is 11.4 Å². The lowest BCUT2D eigenvalue weighted by molar-refractivity contribution is -0.122. The lowest BCUT2D eigenvalue weighted by atomic mass is 9.82. The minimum Gasteiger partial charge on any atom is -0.504 e. The molecule has 0 unspecified atom stereocenters. The maximum Gasteiger partial charge on any atom is 0.161 e. The van der Waals surface area contributed by atoms with E-state index in [1.807, 2.05) is 43.3 Å². The Bertz CT molecular complexity index is 875.